The number of hydrogen-bond donors (Lipinski definition) is 1. The van der Waals surface area contributed by atoms with E-state index in [1.165, 1.54) is 0 Å². The van der Waals surface area contributed by atoms with E-state index in [2.05, 4.69) is 42.8 Å². The number of rotatable bonds is 10. The Kier molecular flexibility index (Phi) is 7.20. The van der Waals surface area contributed by atoms with Crippen molar-refractivity contribution >= 4 is 0 Å². The summed E-state index contributed by atoms with van der Waals surface area (Å²) < 4.78 is 30.4. The summed E-state index contributed by atoms with van der Waals surface area (Å²) in [5.74, 6) is -2.26. The van der Waals surface area contributed by atoms with E-state index in [4.69, 9.17) is 0 Å². The van der Waals surface area contributed by atoms with Gasteiger partial charge in [-0.2, -0.15) is 8.78 Å². The first kappa shape index (κ1) is 23.4. The highest BCUT2D eigenvalue weighted by Gasteiger charge is 2.36. The monoisotopic (exact) mass is 463 g/mol. The largest absolute Gasteiger partial charge is 0.308 e. The second kappa shape index (κ2) is 10.5. The Morgan fingerprint density at radius 2 is 1.85 bits per heavy atom. The molecule has 4 rings (SSSR count). The average Bonchev–Trinajstić information content (AvgIpc) is 3.50. The number of aromatic nitrogens is 7. The Bertz CT molecular complexity index is 1230. The molecule has 1 N–H and O–H groups in total. The molecule has 0 saturated heterocycles. The van der Waals surface area contributed by atoms with Crippen molar-refractivity contribution in [2.45, 2.75) is 52.0 Å². The van der Waals surface area contributed by atoms with Crippen molar-refractivity contribution < 1.29 is 8.78 Å². The topological polar surface area (TPSA) is 85.2 Å². The van der Waals surface area contributed by atoms with E-state index in [1.807, 2.05) is 55.5 Å². The number of H-pyrrole nitrogens is 1. The van der Waals surface area contributed by atoms with Gasteiger partial charge < -0.3 is 0 Å². The normalized spacial score (nSPS) is 12.0. The fraction of sp³-hybridized carbons (Fsp3) is 0.320. The molecule has 0 spiro atoms. The minimum atomic E-state index is -3.02. The van der Waals surface area contributed by atoms with Crippen LogP contribution in [0.2, 0.25) is 0 Å². The van der Waals surface area contributed by atoms with Gasteiger partial charge in [0.2, 0.25) is 5.82 Å². The Labute approximate surface area is 196 Å². The zero-order valence-corrected chi connectivity index (χ0v) is 19.2. The summed E-state index contributed by atoms with van der Waals surface area (Å²) in [6.45, 7) is 4.01. The van der Waals surface area contributed by atoms with Gasteiger partial charge in [0.05, 0.1) is 6.54 Å². The van der Waals surface area contributed by atoms with Gasteiger partial charge in [-0.05, 0) is 52.9 Å². The molecule has 34 heavy (non-hydrogen) atoms. The Hall–Kier alpha value is -3.75. The van der Waals surface area contributed by atoms with Gasteiger partial charge in [0, 0.05) is 18.4 Å². The van der Waals surface area contributed by atoms with Crippen molar-refractivity contribution in [3.05, 3.63) is 89.0 Å². The third-order valence-electron chi connectivity index (χ3n) is 5.48. The standard InChI is InChI=1S/C25H27F2N7/c1-3-5-9-22-28-24(25(26,27)14-4-2)31-34(22)17-19-12-10-18(11-13-19)15-20-7-6-8-21(16-20)23-29-32-33-30-23/h3,5-8,10-13,16H,4,9,14-15,17H2,1-2H3,(H,29,30,32,33)/b5-3+. The van der Waals surface area contributed by atoms with Crippen LogP contribution in [0.25, 0.3) is 11.4 Å². The van der Waals surface area contributed by atoms with Crippen LogP contribution in [0.1, 0.15) is 55.0 Å². The molecule has 2 heterocycles. The lowest BCUT2D eigenvalue weighted by Gasteiger charge is -2.10. The van der Waals surface area contributed by atoms with Crippen LogP contribution in [0, 0.1) is 0 Å². The molecule has 0 unspecified atom stereocenters. The maximum absolute atomic E-state index is 14.4. The number of alkyl halides is 2. The highest BCUT2D eigenvalue weighted by molar-refractivity contribution is 5.55. The molecule has 0 fully saturated rings. The second-order valence-corrected chi connectivity index (χ2v) is 8.18. The maximum Gasteiger partial charge on any atom is 0.308 e. The highest BCUT2D eigenvalue weighted by atomic mass is 19.3. The lowest BCUT2D eigenvalue weighted by molar-refractivity contribution is -0.0232. The van der Waals surface area contributed by atoms with Gasteiger partial charge in [0.25, 0.3) is 0 Å². The van der Waals surface area contributed by atoms with Crippen molar-refractivity contribution in [3.8, 4) is 11.4 Å². The number of halogens is 2. The SMILES string of the molecule is C/C=C/Cc1nc(C(F)(F)CCC)nn1Cc1ccc(Cc2cccc(-c3nnn[nH]3)c2)cc1. The van der Waals surface area contributed by atoms with Gasteiger partial charge in [-0.25, -0.2) is 14.8 Å². The van der Waals surface area contributed by atoms with E-state index in [-0.39, 0.29) is 6.42 Å². The van der Waals surface area contributed by atoms with Gasteiger partial charge in [-0.15, -0.1) is 10.2 Å². The van der Waals surface area contributed by atoms with E-state index in [0.717, 1.165) is 28.7 Å². The van der Waals surface area contributed by atoms with Crippen LogP contribution in [0.15, 0.2) is 60.7 Å². The highest BCUT2D eigenvalue weighted by Crippen LogP contribution is 2.30. The molecule has 2 aromatic heterocycles. The molecule has 4 aromatic rings. The average molecular weight is 464 g/mol. The van der Waals surface area contributed by atoms with E-state index < -0.39 is 11.7 Å². The fourth-order valence-corrected chi connectivity index (χ4v) is 3.74. The number of nitrogens with zero attached hydrogens (tertiary/aromatic N) is 6. The van der Waals surface area contributed by atoms with Crippen LogP contribution >= 0.6 is 0 Å². The summed E-state index contributed by atoms with van der Waals surface area (Å²) in [7, 11) is 0. The van der Waals surface area contributed by atoms with Crippen LogP contribution in [0.4, 0.5) is 8.78 Å². The van der Waals surface area contributed by atoms with E-state index >= 15 is 0 Å². The maximum atomic E-state index is 14.4. The molecule has 0 saturated carbocycles. The first-order valence-electron chi connectivity index (χ1n) is 11.3. The van der Waals surface area contributed by atoms with Gasteiger partial charge in [0.15, 0.2) is 5.82 Å². The summed E-state index contributed by atoms with van der Waals surface area (Å²) in [5, 5.41) is 18.2. The van der Waals surface area contributed by atoms with Crippen molar-refractivity contribution in [2.24, 2.45) is 0 Å². The molecule has 0 radical (unpaired) electrons. The van der Waals surface area contributed by atoms with E-state index in [9.17, 15) is 8.78 Å². The molecule has 0 aliphatic carbocycles. The van der Waals surface area contributed by atoms with Gasteiger partial charge in [-0.3, -0.25) is 0 Å². The Morgan fingerprint density at radius 3 is 2.56 bits per heavy atom. The Balaban J connectivity index is 1.49. The van der Waals surface area contributed by atoms with Crippen LogP contribution < -0.4 is 0 Å². The number of hydrogen-bond acceptors (Lipinski definition) is 5. The quantitative estimate of drug-likeness (QED) is 0.331. The van der Waals surface area contributed by atoms with Gasteiger partial charge >= 0.3 is 5.92 Å². The minimum Gasteiger partial charge on any atom is -0.245 e. The number of tetrazole rings is 1. The van der Waals surface area contributed by atoms with Crippen molar-refractivity contribution in [1.82, 2.24) is 35.4 Å². The summed E-state index contributed by atoms with van der Waals surface area (Å²) >= 11 is 0. The summed E-state index contributed by atoms with van der Waals surface area (Å²) in [4.78, 5) is 4.17. The van der Waals surface area contributed by atoms with Crippen molar-refractivity contribution in [2.75, 3.05) is 0 Å². The van der Waals surface area contributed by atoms with Crippen LogP contribution in [-0.2, 0) is 25.3 Å². The molecule has 0 aliphatic rings. The van der Waals surface area contributed by atoms with Crippen molar-refractivity contribution in [1.29, 1.82) is 0 Å². The number of aromatic amines is 1. The molecule has 2 aromatic carbocycles. The first-order valence-corrected chi connectivity index (χ1v) is 11.3. The molecular weight excluding hydrogens is 436 g/mol. The lowest BCUT2D eigenvalue weighted by Crippen LogP contribution is -2.15. The Morgan fingerprint density at radius 1 is 1.06 bits per heavy atom. The van der Waals surface area contributed by atoms with Crippen molar-refractivity contribution in [3.63, 3.8) is 0 Å². The predicted octanol–water partition coefficient (Wildman–Crippen LogP) is 5.11. The van der Waals surface area contributed by atoms with Crippen LogP contribution in [0.3, 0.4) is 0 Å². The summed E-state index contributed by atoms with van der Waals surface area (Å²) in [6, 6.07) is 16.1. The minimum absolute atomic E-state index is 0.261. The molecule has 0 bridgehead atoms. The third-order valence-corrected chi connectivity index (χ3v) is 5.48. The molecule has 7 nitrogen and oxygen atoms in total. The second-order valence-electron chi connectivity index (χ2n) is 8.18. The number of nitrogens with one attached hydrogen (secondary N) is 1. The third kappa shape index (κ3) is 5.59. The molecule has 0 amide bonds. The zero-order valence-electron chi connectivity index (χ0n) is 19.2. The predicted molar refractivity (Wildman–Crippen MR) is 125 cm³/mol. The van der Waals surface area contributed by atoms with Crippen LogP contribution in [0.5, 0.6) is 0 Å². The van der Waals surface area contributed by atoms with Crippen LogP contribution in [-0.4, -0.2) is 35.4 Å². The lowest BCUT2D eigenvalue weighted by atomic mass is 10.0. The number of benzene rings is 2. The fourth-order valence-electron chi connectivity index (χ4n) is 3.74. The molecule has 9 heteroatoms. The molecular formula is C25H27F2N7. The zero-order chi connectivity index (χ0) is 24.0. The molecule has 0 atom stereocenters. The summed E-state index contributed by atoms with van der Waals surface area (Å²) in [5.41, 5.74) is 4.17. The van der Waals surface area contributed by atoms with E-state index in [0.29, 0.717) is 31.0 Å². The summed E-state index contributed by atoms with van der Waals surface area (Å²) in [6.07, 6.45) is 5.09. The molecule has 0 aliphatic heterocycles. The van der Waals surface area contributed by atoms with Gasteiger partial charge in [0.1, 0.15) is 5.82 Å². The smallest absolute Gasteiger partial charge is 0.245 e. The number of allylic oxidation sites excluding steroid dienone is 2. The molecule has 176 valence electrons. The first-order chi connectivity index (χ1) is 16.5. The van der Waals surface area contributed by atoms with Gasteiger partial charge in [-0.1, -0.05) is 61.5 Å². The van der Waals surface area contributed by atoms with E-state index in [1.54, 1.807) is 11.6 Å².